The Balaban J connectivity index is 1.65. The van der Waals surface area contributed by atoms with Crippen LogP contribution in [-0.2, 0) is 13.7 Å². The first-order chi connectivity index (χ1) is 15.4. The summed E-state index contributed by atoms with van der Waals surface area (Å²) in [6, 6.07) is 9.28. The number of benzene rings is 1. The lowest BCUT2D eigenvalue weighted by atomic mass is 10.1. The molecule has 0 fully saturated rings. The van der Waals surface area contributed by atoms with Crippen LogP contribution >= 0.6 is 0 Å². The Morgan fingerprint density at radius 2 is 1.84 bits per heavy atom. The van der Waals surface area contributed by atoms with Crippen LogP contribution in [-0.4, -0.2) is 41.9 Å². The van der Waals surface area contributed by atoms with E-state index in [0.29, 0.717) is 23.3 Å². The smallest absolute Gasteiger partial charge is 0.368 e. The lowest BCUT2D eigenvalue weighted by molar-refractivity contribution is 0.290. The van der Waals surface area contributed by atoms with Crippen LogP contribution in [0.1, 0.15) is 22.4 Å². The van der Waals surface area contributed by atoms with Crippen LogP contribution in [0, 0.1) is 20.8 Å². The normalized spacial score (nSPS) is 10.9. The molecule has 4 rings (SSSR count). The van der Waals surface area contributed by atoms with Gasteiger partial charge in [-0.25, -0.2) is 14.8 Å². The zero-order valence-electron chi connectivity index (χ0n) is 18.5. The van der Waals surface area contributed by atoms with Crippen molar-refractivity contribution < 1.29 is 9.47 Å². The summed E-state index contributed by atoms with van der Waals surface area (Å²) >= 11 is 0. The third kappa shape index (κ3) is 3.94. The van der Waals surface area contributed by atoms with Crippen molar-refractivity contribution in [3.8, 4) is 28.8 Å². The second-order valence-corrected chi connectivity index (χ2v) is 7.32. The summed E-state index contributed by atoms with van der Waals surface area (Å²) in [6.07, 6.45) is 1.65. The van der Waals surface area contributed by atoms with Gasteiger partial charge in [0.1, 0.15) is 6.61 Å². The first-order valence-electron chi connectivity index (χ1n) is 9.95. The Bertz CT molecular complexity index is 1340. The Morgan fingerprint density at radius 3 is 2.56 bits per heavy atom. The zero-order chi connectivity index (χ0) is 22.8. The first kappa shape index (κ1) is 21.2. The highest BCUT2D eigenvalue weighted by molar-refractivity contribution is 5.60. The van der Waals surface area contributed by atoms with E-state index in [2.05, 4.69) is 25.4 Å². The van der Waals surface area contributed by atoms with Crippen LogP contribution in [0.15, 0.2) is 41.3 Å². The van der Waals surface area contributed by atoms with Gasteiger partial charge in [0.2, 0.25) is 11.8 Å². The van der Waals surface area contributed by atoms with E-state index in [1.54, 1.807) is 26.4 Å². The monoisotopic (exact) mass is 433 g/mol. The van der Waals surface area contributed by atoms with E-state index in [1.165, 1.54) is 9.36 Å². The molecule has 0 aliphatic carbocycles. The molecule has 10 heteroatoms. The lowest BCUT2D eigenvalue weighted by Gasteiger charge is -2.15. The fraction of sp³-hybridized carbons (Fsp3) is 0.273. The molecule has 0 saturated heterocycles. The summed E-state index contributed by atoms with van der Waals surface area (Å²) < 4.78 is 13.7. The Hall–Kier alpha value is -4.08. The molecule has 32 heavy (non-hydrogen) atoms. The predicted octanol–water partition coefficient (Wildman–Crippen LogP) is 2.33. The molecule has 4 aromatic rings. The van der Waals surface area contributed by atoms with Gasteiger partial charge in [0.25, 0.3) is 0 Å². The number of nitrogens with zero attached hydrogens (tertiary/aromatic N) is 7. The van der Waals surface area contributed by atoms with Crippen molar-refractivity contribution in [2.45, 2.75) is 27.4 Å². The zero-order valence-corrected chi connectivity index (χ0v) is 18.5. The van der Waals surface area contributed by atoms with Crippen LogP contribution < -0.4 is 15.2 Å². The van der Waals surface area contributed by atoms with Gasteiger partial charge >= 0.3 is 5.69 Å². The molecule has 1 aromatic carbocycles. The third-order valence-electron chi connectivity index (χ3n) is 5.13. The molecule has 0 aliphatic rings. The van der Waals surface area contributed by atoms with Gasteiger partial charge < -0.3 is 9.47 Å². The summed E-state index contributed by atoms with van der Waals surface area (Å²) in [4.78, 5) is 25.7. The van der Waals surface area contributed by atoms with Gasteiger partial charge in [-0.3, -0.25) is 0 Å². The molecular formula is C22H23N7O3. The molecule has 3 aromatic heterocycles. The highest BCUT2D eigenvalue weighted by Crippen LogP contribution is 2.27. The minimum Gasteiger partial charge on any atom is -0.481 e. The van der Waals surface area contributed by atoms with Crippen molar-refractivity contribution in [1.82, 2.24) is 34.7 Å². The van der Waals surface area contributed by atoms with Crippen LogP contribution in [0.4, 0.5) is 0 Å². The van der Waals surface area contributed by atoms with E-state index >= 15 is 0 Å². The van der Waals surface area contributed by atoms with Gasteiger partial charge in [-0.1, -0.05) is 12.1 Å². The largest absolute Gasteiger partial charge is 0.481 e. The maximum atomic E-state index is 12.4. The van der Waals surface area contributed by atoms with E-state index in [0.717, 1.165) is 27.9 Å². The summed E-state index contributed by atoms with van der Waals surface area (Å²) in [5.74, 6) is 1.51. The maximum absolute atomic E-state index is 12.4. The first-order valence-corrected chi connectivity index (χ1v) is 9.95. The lowest BCUT2D eigenvalue weighted by Crippen LogP contribution is -2.23. The molecule has 0 bridgehead atoms. The molecule has 3 heterocycles. The number of tetrazole rings is 1. The maximum Gasteiger partial charge on any atom is 0.368 e. The molecule has 0 aliphatic heterocycles. The van der Waals surface area contributed by atoms with Crippen molar-refractivity contribution in [2.75, 3.05) is 7.11 Å². The van der Waals surface area contributed by atoms with Crippen LogP contribution in [0.2, 0.25) is 0 Å². The average molecular weight is 433 g/mol. The van der Waals surface area contributed by atoms with E-state index < -0.39 is 0 Å². The Kier molecular flexibility index (Phi) is 5.67. The fourth-order valence-corrected chi connectivity index (χ4v) is 3.32. The number of hydrogen-bond acceptors (Lipinski definition) is 8. The van der Waals surface area contributed by atoms with E-state index in [-0.39, 0.29) is 12.3 Å². The topological polar surface area (TPSA) is 110 Å². The molecule has 10 nitrogen and oxygen atoms in total. The molecule has 0 unspecified atom stereocenters. The highest BCUT2D eigenvalue weighted by atomic mass is 16.5. The molecule has 164 valence electrons. The van der Waals surface area contributed by atoms with Crippen LogP contribution in [0.3, 0.4) is 0 Å². The number of rotatable bonds is 6. The number of aryl methyl sites for hydroxylation is 4. The van der Waals surface area contributed by atoms with Gasteiger partial charge in [0, 0.05) is 36.0 Å². The molecule has 0 N–H and O–H groups in total. The second-order valence-electron chi connectivity index (χ2n) is 7.32. The fourth-order valence-electron chi connectivity index (χ4n) is 3.32. The van der Waals surface area contributed by atoms with Crippen LogP contribution in [0.25, 0.3) is 17.1 Å². The van der Waals surface area contributed by atoms with E-state index in [4.69, 9.17) is 9.47 Å². The molecule has 0 spiro atoms. The van der Waals surface area contributed by atoms with Crippen molar-refractivity contribution in [3.05, 3.63) is 69.4 Å². The minimum absolute atomic E-state index is 0.216. The molecule has 0 saturated carbocycles. The quantitative estimate of drug-likeness (QED) is 0.456. The minimum atomic E-state index is -0.329. The number of pyridine rings is 1. The van der Waals surface area contributed by atoms with Crippen molar-refractivity contribution in [1.29, 1.82) is 0 Å². The number of hydrogen-bond donors (Lipinski definition) is 0. The van der Waals surface area contributed by atoms with Gasteiger partial charge in [0.15, 0.2) is 5.82 Å². The molecule has 0 radical (unpaired) electrons. The van der Waals surface area contributed by atoms with Gasteiger partial charge in [0.05, 0.1) is 18.5 Å². The van der Waals surface area contributed by atoms with Gasteiger partial charge in [-0.2, -0.15) is 14.3 Å². The second kappa shape index (κ2) is 8.58. The third-order valence-corrected chi connectivity index (χ3v) is 5.13. The number of ether oxygens (including phenoxy) is 2. The van der Waals surface area contributed by atoms with Crippen LogP contribution in [0.5, 0.6) is 11.8 Å². The van der Waals surface area contributed by atoms with E-state index in [9.17, 15) is 4.79 Å². The van der Waals surface area contributed by atoms with Crippen molar-refractivity contribution in [3.63, 3.8) is 0 Å². The SMILES string of the molecule is COc1ccnc(-c2cc(C)c(OCc3c(C)cccc3-n3nnn(C)c3=O)nc2C)n1. The highest BCUT2D eigenvalue weighted by Gasteiger charge is 2.16. The molecule has 0 amide bonds. The Labute approximate surface area is 184 Å². The van der Waals surface area contributed by atoms with E-state index in [1.807, 2.05) is 45.0 Å². The number of aromatic nitrogens is 7. The van der Waals surface area contributed by atoms with Gasteiger partial charge in [-0.15, -0.1) is 0 Å². The van der Waals surface area contributed by atoms with Gasteiger partial charge in [-0.05, 0) is 48.9 Å². The van der Waals surface area contributed by atoms with Crippen molar-refractivity contribution in [2.24, 2.45) is 7.05 Å². The van der Waals surface area contributed by atoms with Crippen molar-refractivity contribution >= 4 is 0 Å². The summed E-state index contributed by atoms with van der Waals surface area (Å²) in [5.41, 5.74) is 4.46. The average Bonchev–Trinajstić information content (AvgIpc) is 3.12. The Morgan fingerprint density at radius 1 is 1.03 bits per heavy atom. The standard InChI is InChI=1S/C22H23N7O3/c1-13-7-6-8-18(29-22(30)28(4)26-27-29)17(13)12-32-21-14(2)11-16(15(3)24-21)20-23-10-9-19(25-20)31-5/h6-11H,12H2,1-5H3. The predicted molar refractivity (Wildman–Crippen MR) is 117 cm³/mol. The molecular weight excluding hydrogens is 410 g/mol. The summed E-state index contributed by atoms with van der Waals surface area (Å²) in [6.45, 7) is 5.96. The summed E-state index contributed by atoms with van der Waals surface area (Å²) in [7, 11) is 3.12. The molecule has 0 atom stereocenters. The summed E-state index contributed by atoms with van der Waals surface area (Å²) in [5, 5.41) is 7.76. The number of methoxy groups -OCH3 is 1.